The molecule has 0 aromatic rings. The quantitative estimate of drug-likeness (QED) is 0.0206. The lowest BCUT2D eigenvalue weighted by atomic mass is 10.0. The fourth-order valence-electron chi connectivity index (χ4n) is 7.33. The highest BCUT2D eigenvalue weighted by molar-refractivity contribution is 7.47. The predicted molar refractivity (Wildman–Crippen MR) is 263 cm³/mol. The van der Waals surface area contributed by atoms with Gasteiger partial charge in [-0.3, -0.25) is 18.6 Å². The predicted octanol–water partition coefficient (Wildman–Crippen LogP) is 14.8. The Balaban J connectivity index is 5.41. The van der Waals surface area contributed by atoms with E-state index >= 15 is 0 Å². The lowest BCUT2D eigenvalue weighted by Gasteiger charge is -2.27. The number of amides is 1. The summed E-state index contributed by atoms with van der Waals surface area (Å²) in [5, 5.41) is 3.03. The van der Waals surface area contributed by atoms with Crippen molar-refractivity contribution in [2.75, 3.05) is 40.9 Å². The van der Waals surface area contributed by atoms with E-state index in [4.69, 9.17) is 13.8 Å². The molecule has 0 heterocycles. The van der Waals surface area contributed by atoms with E-state index in [0.29, 0.717) is 17.4 Å². The summed E-state index contributed by atoms with van der Waals surface area (Å²) < 4.78 is 30.5. The zero-order chi connectivity index (χ0) is 45.8. The Labute approximate surface area is 383 Å². The van der Waals surface area contributed by atoms with Crippen LogP contribution < -0.4 is 5.32 Å². The highest BCUT2D eigenvalue weighted by atomic mass is 31.2. The molecule has 0 saturated heterocycles. The van der Waals surface area contributed by atoms with E-state index in [1.54, 1.807) is 0 Å². The van der Waals surface area contributed by atoms with Crippen molar-refractivity contribution in [1.29, 1.82) is 0 Å². The van der Waals surface area contributed by atoms with Crippen LogP contribution in [0.2, 0.25) is 0 Å². The molecule has 2 N–H and O–H groups in total. The van der Waals surface area contributed by atoms with Gasteiger partial charge in [0.05, 0.1) is 33.8 Å². The minimum Gasteiger partial charge on any atom is -0.456 e. The standard InChI is InChI=1S/C52H99N2O7P/c1-7-10-13-16-19-22-25-26-27-30-33-36-39-42-45-52(56)61-50(43-40-37-34-31-28-23-20-17-14-11-8-2)49(48-60-62(57,58)59-47-46-54(4,5)6)53-51(55)44-41-38-35-32-29-24-21-18-15-12-9-3/h10,13,19,22,40,43,49-50H,7-9,11-12,14-18,20-21,23-39,41-42,44-48H2,1-6H3,(H-,53,55,57,58)/p+1/b13-10+,22-19+,43-40+. The number of hydrogen-bond acceptors (Lipinski definition) is 6. The first-order valence-corrected chi connectivity index (χ1v) is 27.3. The van der Waals surface area contributed by atoms with Gasteiger partial charge in [0, 0.05) is 12.8 Å². The highest BCUT2D eigenvalue weighted by Gasteiger charge is 2.30. The molecule has 0 aromatic heterocycles. The average Bonchev–Trinajstić information content (AvgIpc) is 3.22. The molecule has 0 aliphatic carbocycles. The van der Waals surface area contributed by atoms with Crippen LogP contribution in [0.5, 0.6) is 0 Å². The Kier molecular flexibility index (Phi) is 41.9. The number of nitrogens with one attached hydrogen (secondary N) is 1. The Hall–Kier alpha value is -1.77. The van der Waals surface area contributed by atoms with Crippen molar-refractivity contribution in [1.82, 2.24) is 5.32 Å². The number of unbranched alkanes of at least 4 members (excludes halogenated alkanes) is 26. The number of hydrogen-bond donors (Lipinski definition) is 2. The summed E-state index contributed by atoms with van der Waals surface area (Å²) in [5.74, 6) is -0.513. The number of rotatable bonds is 46. The molecule has 364 valence electrons. The third-order valence-corrected chi connectivity index (χ3v) is 12.3. The van der Waals surface area contributed by atoms with Gasteiger partial charge in [0.15, 0.2) is 0 Å². The molecular weight excluding hydrogens is 796 g/mol. The summed E-state index contributed by atoms with van der Waals surface area (Å²) in [6.07, 6.45) is 48.5. The maximum Gasteiger partial charge on any atom is 0.472 e. The fourth-order valence-corrected chi connectivity index (χ4v) is 8.07. The second kappa shape index (κ2) is 43.1. The van der Waals surface area contributed by atoms with Crippen molar-refractivity contribution in [3.8, 4) is 0 Å². The van der Waals surface area contributed by atoms with Gasteiger partial charge in [0.25, 0.3) is 0 Å². The third kappa shape index (κ3) is 43.5. The number of quaternary nitrogens is 1. The average molecular weight is 896 g/mol. The normalized spacial score (nSPS) is 14.2. The maximum atomic E-state index is 13.4. The smallest absolute Gasteiger partial charge is 0.456 e. The van der Waals surface area contributed by atoms with Gasteiger partial charge >= 0.3 is 13.8 Å². The number of nitrogens with zero attached hydrogens (tertiary/aromatic N) is 1. The zero-order valence-corrected chi connectivity index (χ0v) is 42.3. The van der Waals surface area contributed by atoms with E-state index in [2.05, 4.69) is 50.4 Å². The summed E-state index contributed by atoms with van der Waals surface area (Å²) in [7, 11) is 1.49. The van der Waals surface area contributed by atoms with E-state index in [9.17, 15) is 19.0 Å². The van der Waals surface area contributed by atoms with E-state index in [-0.39, 0.29) is 31.5 Å². The number of allylic oxidation sites excluding steroid dienone is 5. The molecule has 9 nitrogen and oxygen atoms in total. The van der Waals surface area contributed by atoms with Gasteiger partial charge in [0.1, 0.15) is 19.3 Å². The molecule has 0 spiro atoms. The van der Waals surface area contributed by atoms with Crippen LogP contribution in [-0.2, 0) is 27.9 Å². The second-order valence-electron chi connectivity index (χ2n) is 18.7. The Bertz CT molecular complexity index is 1170. The van der Waals surface area contributed by atoms with E-state index in [1.165, 1.54) is 116 Å². The molecular formula is C52H100N2O7P+. The lowest BCUT2D eigenvalue weighted by molar-refractivity contribution is -0.870. The van der Waals surface area contributed by atoms with Crippen LogP contribution in [0.3, 0.4) is 0 Å². The molecule has 0 aromatic carbocycles. The Morgan fingerprint density at radius 2 is 1.03 bits per heavy atom. The van der Waals surface area contributed by atoms with Crippen molar-refractivity contribution in [2.45, 2.75) is 245 Å². The van der Waals surface area contributed by atoms with E-state index < -0.39 is 20.0 Å². The first kappa shape index (κ1) is 60.2. The summed E-state index contributed by atoms with van der Waals surface area (Å²) in [5.41, 5.74) is 0. The zero-order valence-electron chi connectivity index (χ0n) is 41.4. The molecule has 10 heteroatoms. The van der Waals surface area contributed by atoms with E-state index in [0.717, 1.165) is 83.5 Å². The number of phosphoric ester groups is 1. The number of likely N-dealkylation sites (N-methyl/N-ethyl adjacent to an activating group) is 1. The van der Waals surface area contributed by atoms with Crippen LogP contribution in [-0.4, -0.2) is 74.3 Å². The Morgan fingerprint density at radius 1 is 0.581 bits per heavy atom. The van der Waals surface area contributed by atoms with Gasteiger partial charge < -0.3 is 19.4 Å². The second-order valence-corrected chi connectivity index (χ2v) is 20.1. The molecule has 0 fully saturated rings. The summed E-state index contributed by atoms with van der Waals surface area (Å²) in [6, 6.07) is -0.844. The summed E-state index contributed by atoms with van der Waals surface area (Å²) >= 11 is 0. The van der Waals surface area contributed by atoms with Crippen molar-refractivity contribution in [2.24, 2.45) is 0 Å². The largest absolute Gasteiger partial charge is 0.472 e. The lowest BCUT2D eigenvalue weighted by Crippen LogP contribution is -2.47. The first-order chi connectivity index (χ1) is 29.9. The minimum absolute atomic E-state index is 0.0404. The van der Waals surface area contributed by atoms with Gasteiger partial charge in [-0.15, -0.1) is 0 Å². The fraction of sp³-hybridized carbons (Fsp3) is 0.846. The van der Waals surface area contributed by atoms with E-state index in [1.807, 2.05) is 33.3 Å². The molecule has 0 radical (unpaired) electrons. The molecule has 3 unspecified atom stereocenters. The van der Waals surface area contributed by atoms with Crippen molar-refractivity contribution >= 4 is 19.7 Å². The van der Waals surface area contributed by atoms with Crippen molar-refractivity contribution in [3.05, 3.63) is 36.5 Å². The molecule has 0 aliphatic rings. The SMILES string of the molecule is CC/C=C/C/C=C/CCCCCCCCCC(=O)OC(/C=C/CCCCCCCCCCC)C(COP(=O)(O)OCC[N+](C)(C)C)NC(=O)CCCCCCCCCCCCC. The van der Waals surface area contributed by atoms with Crippen molar-refractivity contribution in [3.63, 3.8) is 0 Å². The molecule has 1 amide bonds. The van der Waals surface area contributed by atoms with Gasteiger partial charge in [-0.25, -0.2) is 4.57 Å². The van der Waals surface area contributed by atoms with Crippen LogP contribution in [0, 0.1) is 0 Å². The molecule has 0 aliphatic heterocycles. The maximum absolute atomic E-state index is 13.4. The van der Waals surface area contributed by atoms with Crippen LogP contribution in [0.25, 0.3) is 0 Å². The van der Waals surface area contributed by atoms with Gasteiger partial charge in [-0.2, -0.15) is 0 Å². The first-order valence-electron chi connectivity index (χ1n) is 25.8. The van der Waals surface area contributed by atoms with Crippen molar-refractivity contribution < 1.29 is 37.3 Å². The van der Waals surface area contributed by atoms with Gasteiger partial charge in [-0.1, -0.05) is 199 Å². The van der Waals surface area contributed by atoms with Gasteiger partial charge in [0.2, 0.25) is 5.91 Å². The topological polar surface area (TPSA) is 111 Å². The molecule has 0 rings (SSSR count). The molecule has 3 atom stereocenters. The summed E-state index contributed by atoms with van der Waals surface area (Å²) in [6.45, 7) is 6.88. The van der Waals surface area contributed by atoms with Crippen LogP contribution in [0.15, 0.2) is 36.5 Å². The minimum atomic E-state index is -4.43. The number of carbonyl (C=O) groups is 2. The summed E-state index contributed by atoms with van der Waals surface area (Å²) in [4.78, 5) is 37.3. The highest BCUT2D eigenvalue weighted by Crippen LogP contribution is 2.43. The Morgan fingerprint density at radius 3 is 1.53 bits per heavy atom. The molecule has 0 saturated carbocycles. The van der Waals surface area contributed by atoms with Gasteiger partial charge in [-0.05, 0) is 57.4 Å². The van der Waals surface area contributed by atoms with Crippen LogP contribution in [0.4, 0.5) is 0 Å². The number of ether oxygens (including phenoxy) is 1. The van der Waals surface area contributed by atoms with Crippen LogP contribution >= 0.6 is 7.82 Å². The number of carbonyl (C=O) groups excluding carboxylic acids is 2. The molecule has 0 bridgehead atoms. The molecule has 62 heavy (non-hydrogen) atoms. The third-order valence-electron chi connectivity index (χ3n) is 11.3. The van der Waals surface area contributed by atoms with Crippen LogP contribution in [0.1, 0.15) is 233 Å². The number of esters is 1. The number of phosphoric acid groups is 1. The monoisotopic (exact) mass is 896 g/mol.